The molecule has 6 nitrogen and oxygen atoms in total. The summed E-state index contributed by atoms with van der Waals surface area (Å²) in [5.41, 5.74) is 3.61. The number of nitrogens with one attached hydrogen (secondary N) is 2. The summed E-state index contributed by atoms with van der Waals surface area (Å²) >= 11 is 0. The van der Waals surface area contributed by atoms with Gasteiger partial charge in [0, 0.05) is 23.0 Å². The second-order valence-corrected chi connectivity index (χ2v) is 6.54. The van der Waals surface area contributed by atoms with Crippen LogP contribution in [0.25, 0.3) is 11.3 Å². The summed E-state index contributed by atoms with van der Waals surface area (Å²) in [7, 11) is 3.29. The normalized spacial score (nSPS) is 10.3. The molecule has 150 valence electrons. The van der Waals surface area contributed by atoms with Gasteiger partial charge in [-0.25, -0.2) is 4.98 Å². The summed E-state index contributed by atoms with van der Waals surface area (Å²) in [5, 5.41) is 6.62. The number of rotatable bonds is 7. The van der Waals surface area contributed by atoms with Crippen molar-refractivity contribution in [2.24, 2.45) is 0 Å². The van der Waals surface area contributed by atoms with Crippen LogP contribution in [-0.2, 0) is 0 Å². The van der Waals surface area contributed by atoms with Gasteiger partial charge in [-0.3, -0.25) is 0 Å². The van der Waals surface area contributed by atoms with Gasteiger partial charge in [-0.05, 0) is 48.5 Å². The Bertz CT molecular complexity index is 1030. The topological polar surface area (TPSA) is 68.3 Å². The number of benzene rings is 3. The molecule has 0 radical (unpaired) electrons. The van der Waals surface area contributed by atoms with Crippen molar-refractivity contribution in [3.8, 4) is 22.8 Å². The molecule has 3 aromatic carbocycles. The van der Waals surface area contributed by atoms with E-state index >= 15 is 0 Å². The Morgan fingerprint density at radius 1 is 0.633 bits per heavy atom. The van der Waals surface area contributed by atoms with E-state index in [1.54, 1.807) is 14.2 Å². The number of ether oxygens (including phenoxy) is 2. The smallest absolute Gasteiger partial charge is 0.229 e. The van der Waals surface area contributed by atoms with Gasteiger partial charge in [-0.1, -0.05) is 30.3 Å². The number of nitrogens with zero attached hydrogens (tertiary/aromatic N) is 2. The molecule has 0 aliphatic carbocycles. The number of anilines is 4. The summed E-state index contributed by atoms with van der Waals surface area (Å²) in [4.78, 5) is 9.34. The molecule has 0 spiro atoms. The van der Waals surface area contributed by atoms with E-state index in [9.17, 15) is 0 Å². The van der Waals surface area contributed by atoms with Gasteiger partial charge in [0.2, 0.25) is 5.95 Å². The van der Waals surface area contributed by atoms with Crippen LogP contribution in [-0.4, -0.2) is 24.2 Å². The minimum Gasteiger partial charge on any atom is -0.497 e. The zero-order valence-corrected chi connectivity index (χ0v) is 16.8. The lowest BCUT2D eigenvalue weighted by molar-refractivity contribution is 0.415. The van der Waals surface area contributed by atoms with Gasteiger partial charge >= 0.3 is 0 Å². The Hall–Kier alpha value is -4.06. The summed E-state index contributed by atoms with van der Waals surface area (Å²) in [6, 6.07) is 27.3. The zero-order chi connectivity index (χ0) is 20.8. The van der Waals surface area contributed by atoms with Crippen LogP contribution in [0, 0.1) is 0 Å². The molecule has 4 aromatic rings. The molecule has 0 bridgehead atoms. The summed E-state index contributed by atoms with van der Waals surface area (Å²) < 4.78 is 10.4. The number of hydrogen-bond acceptors (Lipinski definition) is 6. The maximum absolute atomic E-state index is 5.23. The van der Waals surface area contributed by atoms with E-state index < -0.39 is 0 Å². The van der Waals surface area contributed by atoms with Gasteiger partial charge in [-0.15, -0.1) is 0 Å². The zero-order valence-electron chi connectivity index (χ0n) is 16.8. The average Bonchev–Trinajstić information content (AvgIpc) is 2.80. The van der Waals surface area contributed by atoms with E-state index in [2.05, 4.69) is 15.6 Å². The second kappa shape index (κ2) is 8.96. The predicted octanol–water partition coefficient (Wildman–Crippen LogP) is 5.65. The third kappa shape index (κ3) is 4.67. The van der Waals surface area contributed by atoms with Gasteiger partial charge in [0.1, 0.15) is 17.3 Å². The van der Waals surface area contributed by atoms with E-state index in [-0.39, 0.29) is 0 Å². The van der Waals surface area contributed by atoms with Crippen LogP contribution in [0.3, 0.4) is 0 Å². The van der Waals surface area contributed by atoms with Crippen LogP contribution < -0.4 is 20.1 Å². The molecule has 0 aliphatic heterocycles. The van der Waals surface area contributed by atoms with E-state index in [0.29, 0.717) is 11.8 Å². The van der Waals surface area contributed by atoms with Crippen molar-refractivity contribution in [3.63, 3.8) is 0 Å². The molecule has 6 heteroatoms. The monoisotopic (exact) mass is 398 g/mol. The molecule has 30 heavy (non-hydrogen) atoms. The second-order valence-electron chi connectivity index (χ2n) is 6.54. The summed E-state index contributed by atoms with van der Waals surface area (Å²) in [6.07, 6.45) is 0. The molecule has 1 aromatic heterocycles. The van der Waals surface area contributed by atoms with E-state index in [1.165, 1.54) is 0 Å². The van der Waals surface area contributed by atoms with Crippen LogP contribution in [0.2, 0.25) is 0 Å². The first-order chi connectivity index (χ1) is 14.7. The first-order valence-electron chi connectivity index (χ1n) is 9.50. The lowest BCUT2D eigenvalue weighted by atomic mass is 10.1. The SMILES string of the molecule is COc1ccc(Nc2cc(-c3ccccc3)nc(Nc3ccc(OC)cc3)n2)cc1. The fraction of sp³-hybridized carbons (Fsp3) is 0.0833. The predicted molar refractivity (Wildman–Crippen MR) is 120 cm³/mol. The maximum Gasteiger partial charge on any atom is 0.229 e. The molecular weight excluding hydrogens is 376 g/mol. The van der Waals surface area contributed by atoms with Gasteiger partial charge < -0.3 is 20.1 Å². The Morgan fingerprint density at radius 2 is 1.20 bits per heavy atom. The highest BCUT2D eigenvalue weighted by Gasteiger charge is 2.08. The standard InChI is InChI=1S/C24H22N4O2/c1-29-20-12-8-18(9-13-20)25-23-16-22(17-6-4-3-5-7-17)27-24(28-23)26-19-10-14-21(30-2)15-11-19/h3-16H,1-2H3,(H2,25,26,27,28). The molecule has 1 heterocycles. The highest BCUT2D eigenvalue weighted by molar-refractivity contribution is 5.69. The average molecular weight is 398 g/mol. The van der Waals surface area contributed by atoms with Crippen LogP contribution in [0.1, 0.15) is 0 Å². The first-order valence-corrected chi connectivity index (χ1v) is 9.50. The Labute approximate surface area is 175 Å². The highest BCUT2D eigenvalue weighted by Crippen LogP contribution is 2.26. The summed E-state index contributed by atoms with van der Waals surface area (Å²) in [6.45, 7) is 0. The van der Waals surface area contributed by atoms with Gasteiger partial charge in [0.25, 0.3) is 0 Å². The minimum absolute atomic E-state index is 0.498. The van der Waals surface area contributed by atoms with Crippen molar-refractivity contribution < 1.29 is 9.47 Å². The molecule has 2 N–H and O–H groups in total. The number of aromatic nitrogens is 2. The molecular formula is C24H22N4O2. The molecule has 0 unspecified atom stereocenters. The van der Waals surface area contributed by atoms with Crippen LogP contribution in [0.4, 0.5) is 23.1 Å². The Morgan fingerprint density at radius 3 is 1.77 bits per heavy atom. The van der Waals surface area contributed by atoms with Crippen LogP contribution in [0.15, 0.2) is 84.9 Å². The largest absolute Gasteiger partial charge is 0.497 e. The molecule has 0 saturated carbocycles. The quantitative estimate of drug-likeness (QED) is 0.419. The van der Waals surface area contributed by atoms with Crippen molar-refractivity contribution in [1.29, 1.82) is 0 Å². The van der Waals surface area contributed by atoms with Gasteiger partial charge in [0.05, 0.1) is 19.9 Å². The lowest BCUT2D eigenvalue weighted by Crippen LogP contribution is -2.02. The lowest BCUT2D eigenvalue weighted by Gasteiger charge is -2.12. The van der Waals surface area contributed by atoms with Crippen molar-refractivity contribution in [1.82, 2.24) is 9.97 Å². The van der Waals surface area contributed by atoms with Gasteiger partial charge in [-0.2, -0.15) is 4.98 Å². The molecule has 0 fully saturated rings. The molecule has 4 rings (SSSR count). The minimum atomic E-state index is 0.498. The van der Waals surface area contributed by atoms with Crippen molar-refractivity contribution in [2.75, 3.05) is 24.9 Å². The Balaban J connectivity index is 1.66. The molecule has 0 aliphatic rings. The fourth-order valence-corrected chi connectivity index (χ4v) is 2.95. The van der Waals surface area contributed by atoms with E-state index in [4.69, 9.17) is 14.5 Å². The molecule has 0 atom stereocenters. The van der Waals surface area contributed by atoms with Crippen molar-refractivity contribution >= 4 is 23.1 Å². The molecule has 0 saturated heterocycles. The van der Waals surface area contributed by atoms with Gasteiger partial charge in [0.15, 0.2) is 0 Å². The Kier molecular flexibility index (Phi) is 5.75. The third-order valence-electron chi connectivity index (χ3n) is 4.50. The van der Waals surface area contributed by atoms with Crippen LogP contribution in [0.5, 0.6) is 11.5 Å². The molecule has 0 amide bonds. The maximum atomic E-state index is 5.23. The number of hydrogen-bond donors (Lipinski definition) is 2. The highest BCUT2D eigenvalue weighted by atomic mass is 16.5. The third-order valence-corrected chi connectivity index (χ3v) is 4.50. The fourth-order valence-electron chi connectivity index (χ4n) is 2.95. The van der Waals surface area contributed by atoms with Crippen molar-refractivity contribution in [3.05, 3.63) is 84.9 Å². The first kappa shape index (κ1) is 19.3. The number of methoxy groups -OCH3 is 2. The summed E-state index contributed by atoms with van der Waals surface area (Å²) in [5.74, 6) is 2.78. The van der Waals surface area contributed by atoms with E-state index in [1.807, 2.05) is 84.9 Å². The van der Waals surface area contributed by atoms with E-state index in [0.717, 1.165) is 34.1 Å². The van der Waals surface area contributed by atoms with Crippen LogP contribution >= 0.6 is 0 Å². The van der Waals surface area contributed by atoms with Crippen molar-refractivity contribution in [2.45, 2.75) is 0 Å².